The van der Waals surface area contributed by atoms with Crippen molar-refractivity contribution in [3.8, 4) is 0 Å². The summed E-state index contributed by atoms with van der Waals surface area (Å²) in [5.41, 5.74) is 10.8. The highest BCUT2D eigenvalue weighted by atomic mass is 35.5. The number of fused-ring (bicyclic) bond motifs is 5. The number of nitrogens with zero attached hydrogens (tertiary/aromatic N) is 10. The van der Waals surface area contributed by atoms with Crippen molar-refractivity contribution < 1.29 is 151 Å². The van der Waals surface area contributed by atoms with Crippen LogP contribution in [0.1, 0.15) is 109 Å². The summed E-state index contributed by atoms with van der Waals surface area (Å²) in [5.74, 6) is -19.1. The molecule has 0 N–H and O–H groups in total. The first-order valence-electron chi connectivity index (χ1n) is 46.2. The number of carbonyl (C=O) groups excluding carboxylic acids is 5. The third-order valence-electron chi connectivity index (χ3n) is 26.7. The normalized spacial score (nSPS) is 18.3. The number of sulfonamides is 5. The number of para-hydroxylation sites is 2. The molecule has 794 valence electrons. The van der Waals surface area contributed by atoms with E-state index < -0.39 is 192 Å². The molecule has 51 heteroatoms. The van der Waals surface area contributed by atoms with Gasteiger partial charge in [-0.1, -0.05) is 95.0 Å². The number of rotatable bonds is 15. The number of amides is 5. The molecular formula is C98H90Cl2F14N10O20S5. The average molecular weight is 2230 g/mol. The molecule has 0 unspecified atom stereocenters. The molecule has 30 nitrogen and oxygen atoms in total. The van der Waals surface area contributed by atoms with Crippen LogP contribution in [-0.4, -0.2) is 190 Å². The molecule has 149 heavy (non-hydrogen) atoms. The average Bonchev–Trinajstić information content (AvgIpc) is 0.772. The standard InChI is InChI=1S/C20H19ClF2N2O4S.2C20H19F3N2O4S.C19H16ClF3N2O4S.C19H17F3N2O4S/c2*1-12-2-3-18-13(8-12)11-29-20(26)25(18)14-4-6-24(7-5-14)30(27,28)19-10-16(22)15(21)9-17(19)23;1-12-3-2-4-13-11-29-20(26)25(19(12)13)14-5-7-24(8-6-14)30(27,28)18-10-16(22)15(21)9-17(18)23;20-12-1-2-17-11(7-12)10-29-19(26)25(17)13-3-5-24(6-4-13)30(27,28)18-9-15(22)14(21)8-16(18)23;20-14-9-16(22)18(10-15(14)21)29(26,27)23-7-5-13(6-8-23)24-17-4-2-1-3-12(17)11-28-19(24)25/h2*2-3,8-10,14H,4-7,11H2,1H3;2-4,9-10,14H,5-8,11H2,1H3;1-2,7-9,13H,3-6,10H2;1-4,9-10,13H,5-8,11H2. The SMILES string of the molecule is Cc1ccc2c(c1)COC(=O)N2C1CCN(S(=O)(=O)c2cc(F)c(Cl)cc2F)CC1.Cc1ccc2c(c1)COC(=O)N2C1CCN(S(=O)(=O)c2cc(F)c(F)cc2F)CC1.Cc1cccc2c1N(C1CCN(S(=O)(=O)c3cc(F)c(F)cc3F)CC1)C(=O)OC2.O=C1OCc2cc(Cl)ccc2N1C1CCN(S(=O)(=O)c2cc(F)c(F)cc2F)CC1.O=C1OCc2ccccc2N1C1CCN(S(=O)(=O)c2cc(F)c(F)cc2F)CC1. The zero-order valence-electron chi connectivity index (χ0n) is 78.8. The van der Waals surface area contributed by atoms with Gasteiger partial charge in [0, 0.05) is 153 Å². The lowest BCUT2D eigenvalue weighted by atomic mass is 10.00. The van der Waals surface area contributed by atoms with Crippen LogP contribution in [0.5, 0.6) is 0 Å². The van der Waals surface area contributed by atoms with Crippen LogP contribution >= 0.6 is 23.2 Å². The van der Waals surface area contributed by atoms with Crippen LogP contribution in [0.3, 0.4) is 0 Å². The number of carbonyl (C=O) groups is 5. The second kappa shape index (κ2) is 44.3. The molecule has 10 aliphatic rings. The van der Waals surface area contributed by atoms with Gasteiger partial charge in [0.05, 0.1) is 33.5 Å². The zero-order chi connectivity index (χ0) is 107. The number of ether oxygens (including phenoxy) is 5. The quantitative estimate of drug-likeness (QED) is 0.0523. The Hall–Kier alpha value is -12.3. The molecule has 0 radical (unpaired) electrons. The van der Waals surface area contributed by atoms with E-state index in [1.807, 2.05) is 87.5 Å². The van der Waals surface area contributed by atoms with E-state index in [-0.39, 0.29) is 204 Å². The predicted molar refractivity (Wildman–Crippen MR) is 510 cm³/mol. The topological polar surface area (TPSA) is 335 Å². The maximum absolute atomic E-state index is 14.2. The molecule has 5 fully saturated rings. The fourth-order valence-electron chi connectivity index (χ4n) is 19.2. The maximum atomic E-state index is 14.2. The molecule has 0 atom stereocenters. The third-order valence-corrected chi connectivity index (χ3v) is 36.8. The molecule has 0 aromatic heterocycles. The first-order valence-corrected chi connectivity index (χ1v) is 54.2. The molecule has 10 aliphatic heterocycles. The monoisotopic (exact) mass is 2220 g/mol. The van der Waals surface area contributed by atoms with Crippen molar-refractivity contribution in [2.45, 2.75) is 173 Å². The molecule has 0 spiro atoms. The minimum absolute atomic E-state index is 0.00260. The van der Waals surface area contributed by atoms with Gasteiger partial charge in [-0.3, -0.25) is 24.5 Å². The zero-order valence-corrected chi connectivity index (χ0v) is 84.4. The van der Waals surface area contributed by atoms with Crippen molar-refractivity contribution in [3.63, 3.8) is 0 Å². The number of cyclic esters (lactones) is 5. The Morgan fingerprint density at radius 1 is 0.248 bits per heavy atom. The van der Waals surface area contributed by atoms with Gasteiger partial charge in [0.1, 0.15) is 92.4 Å². The highest BCUT2D eigenvalue weighted by Gasteiger charge is 2.47. The Bertz CT molecular complexity index is 7160. The van der Waals surface area contributed by atoms with E-state index >= 15 is 0 Å². The van der Waals surface area contributed by atoms with Crippen LogP contribution in [0.2, 0.25) is 10.0 Å². The molecule has 5 saturated heterocycles. The Kier molecular flexibility index (Phi) is 32.5. The van der Waals surface area contributed by atoms with Crippen LogP contribution in [0, 0.1) is 102 Å². The van der Waals surface area contributed by atoms with Gasteiger partial charge in [0.15, 0.2) is 46.5 Å². The largest absolute Gasteiger partial charge is 0.444 e. The molecule has 0 saturated carbocycles. The molecule has 0 aliphatic carbocycles. The van der Waals surface area contributed by atoms with Gasteiger partial charge >= 0.3 is 30.5 Å². The van der Waals surface area contributed by atoms with Gasteiger partial charge < -0.3 is 23.7 Å². The van der Waals surface area contributed by atoms with E-state index in [4.69, 9.17) is 46.9 Å². The highest BCUT2D eigenvalue weighted by Crippen LogP contribution is 2.44. The minimum atomic E-state index is -4.37. The Morgan fingerprint density at radius 2 is 0.490 bits per heavy atom. The summed E-state index contributed by atoms with van der Waals surface area (Å²) in [6, 6.07) is 31.3. The van der Waals surface area contributed by atoms with E-state index in [0.717, 1.165) is 88.8 Å². The second-order valence-corrected chi connectivity index (χ2v) is 46.4. The van der Waals surface area contributed by atoms with Crippen LogP contribution < -0.4 is 24.5 Å². The summed E-state index contributed by atoms with van der Waals surface area (Å²) >= 11 is 11.5. The van der Waals surface area contributed by atoms with Crippen LogP contribution in [0.25, 0.3) is 0 Å². The van der Waals surface area contributed by atoms with Crippen molar-refractivity contribution >= 4 is 132 Å². The fraction of sp³-hybridized carbons (Fsp3) is 0.337. The first-order chi connectivity index (χ1) is 70.5. The minimum Gasteiger partial charge on any atom is -0.444 e. The van der Waals surface area contributed by atoms with Crippen LogP contribution in [0.4, 0.5) is 114 Å². The van der Waals surface area contributed by atoms with E-state index in [9.17, 15) is 128 Å². The summed E-state index contributed by atoms with van der Waals surface area (Å²) < 4.78 is 349. The summed E-state index contributed by atoms with van der Waals surface area (Å²) in [7, 11) is -21.7. The maximum Gasteiger partial charge on any atom is 0.414 e. The van der Waals surface area contributed by atoms with Gasteiger partial charge in [-0.25, -0.2) is 128 Å². The number of halogens is 16. The van der Waals surface area contributed by atoms with Crippen LogP contribution in [0.15, 0.2) is 182 Å². The Labute approximate surface area is 855 Å². The molecule has 20 rings (SSSR count). The van der Waals surface area contributed by atoms with E-state index in [2.05, 4.69) is 0 Å². The Balaban J connectivity index is 0.000000133. The van der Waals surface area contributed by atoms with Gasteiger partial charge in [-0.15, -0.1) is 0 Å². The summed E-state index contributed by atoms with van der Waals surface area (Å²) in [6.45, 7) is 6.61. The third kappa shape index (κ3) is 22.7. The van der Waals surface area contributed by atoms with Gasteiger partial charge in [-0.05, 0) is 163 Å². The predicted octanol–water partition coefficient (Wildman–Crippen LogP) is 19.2. The molecular weight excluding hydrogens is 2130 g/mol. The Morgan fingerprint density at radius 3 is 0.812 bits per heavy atom. The number of piperidine rings is 5. The van der Waals surface area contributed by atoms with Gasteiger partial charge in [-0.2, -0.15) is 21.5 Å². The molecule has 5 amide bonds. The number of anilines is 5. The van der Waals surface area contributed by atoms with Crippen molar-refractivity contribution in [1.29, 1.82) is 0 Å². The lowest BCUT2D eigenvalue weighted by Crippen LogP contribution is -2.50. The number of hydrogen-bond donors (Lipinski definition) is 0. The fourth-order valence-corrected chi connectivity index (χ4v) is 27.2. The smallest absolute Gasteiger partial charge is 0.414 e. The molecule has 10 aromatic rings. The molecule has 10 aromatic carbocycles. The van der Waals surface area contributed by atoms with Crippen molar-refractivity contribution in [2.24, 2.45) is 0 Å². The van der Waals surface area contributed by atoms with Gasteiger partial charge in [0.25, 0.3) is 0 Å². The van der Waals surface area contributed by atoms with Gasteiger partial charge in [0.2, 0.25) is 50.1 Å². The summed E-state index contributed by atoms with van der Waals surface area (Å²) in [4.78, 5) is 65.2. The van der Waals surface area contributed by atoms with E-state index in [1.165, 1.54) is 14.7 Å². The highest BCUT2D eigenvalue weighted by molar-refractivity contribution is 7.90. The number of aryl methyl sites for hydroxylation is 3. The number of hydrogen-bond acceptors (Lipinski definition) is 20. The number of benzene rings is 10. The summed E-state index contributed by atoms with van der Waals surface area (Å²) in [5, 5.41) is 0.0174. The molecule has 10 heterocycles. The van der Waals surface area contributed by atoms with Crippen LogP contribution in [-0.2, 0) is 107 Å². The van der Waals surface area contributed by atoms with E-state index in [0.29, 0.717) is 59.9 Å². The lowest BCUT2D eigenvalue weighted by Gasteiger charge is -2.40. The second-order valence-electron chi connectivity index (χ2n) is 36.0. The van der Waals surface area contributed by atoms with Crippen molar-refractivity contribution in [3.05, 3.63) is 294 Å². The first kappa shape index (κ1) is 109. The van der Waals surface area contributed by atoms with Crippen molar-refractivity contribution in [1.82, 2.24) is 21.5 Å². The van der Waals surface area contributed by atoms with E-state index in [1.54, 1.807) is 40.1 Å². The van der Waals surface area contributed by atoms with Crippen molar-refractivity contribution in [2.75, 3.05) is 89.9 Å². The summed E-state index contributed by atoms with van der Waals surface area (Å²) in [6.07, 6.45) is 0.363. The lowest BCUT2D eigenvalue weighted by molar-refractivity contribution is 0.135. The molecule has 0 bridgehead atoms.